The smallest absolute Gasteiger partial charge is 0.0681 e. The van der Waals surface area contributed by atoms with Crippen LogP contribution in [0.1, 0.15) is 39.3 Å². The van der Waals surface area contributed by atoms with Gasteiger partial charge < -0.3 is 5.32 Å². The number of nitrogens with zero attached hydrogens (tertiary/aromatic N) is 2. The van der Waals surface area contributed by atoms with Crippen LogP contribution < -0.4 is 5.32 Å². The molecular weight excluding hydrogens is 186 g/mol. The molecule has 0 saturated carbocycles. The van der Waals surface area contributed by atoms with E-state index in [2.05, 4.69) is 37.3 Å². The Hall–Kier alpha value is -0.830. The molecule has 3 nitrogen and oxygen atoms in total. The van der Waals surface area contributed by atoms with Gasteiger partial charge in [-0.25, -0.2) is 0 Å². The summed E-state index contributed by atoms with van der Waals surface area (Å²) in [5, 5.41) is 7.90. The van der Waals surface area contributed by atoms with E-state index in [0.29, 0.717) is 0 Å². The molecule has 15 heavy (non-hydrogen) atoms. The molecular formula is C12H23N3. The molecule has 0 unspecified atom stereocenters. The number of nitrogens with one attached hydrogen (secondary N) is 1. The van der Waals surface area contributed by atoms with Crippen LogP contribution in [-0.4, -0.2) is 22.9 Å². The maximum absolute atomic E-state index is 4.47. The van der Waals surface area contributed by atoms with Crippen LogP contribution in [0.2, 0.25) is 0 Å². The highest BCUT2D eigenvalue weighted by Crippen LogP contribution is 2.24. The summed E-state index contributed by atoms with van der Waals surface area (Å²) in [5.41, 5.74) is 1.35. The normalized spacial score (nSPS) is 12.0. The molecule has 1 aromatic rings. The predicted octanol–water partition coefficient (Wildman–Crippen LogP) is 2.09. The van der Waals surface area contributed by atoms with Gasteiger partial charge >= 0.3 is 0 Å². The van der Waals surface area contributed by atoms with Crippen molar-refractivity contribution in [1.29, 1.82) is 0 Å². The van der Waals surface area contributed by atoms with Crippen molar-refractivity contribution in [3.8, 4) is 0 Å². The first-order valence-corrected chi connectivity index (χ1v) is 5.77. The van der Waals surface area contributed by atoms with E-state index in [9.17, 15) is 0 Å². The van der Waals surface area contributed by atoms with Gasteiger partial charge in [0.2, 0.25) is 0 Å². The Morgan fingerprint density at radius 2 is 2.13 bits per heavy atom. The third kappa shape index (κ3) is 3.67. The molecule has 0 aliphatic carbocycles. The zero-order valence-electron chi connectivity index (χ0n) is 10.4. The summed E-state index contributed by atoms with van der Waals surface area (Å²) in [6.07, 6.45) is 4.34. The van der Waals surface area contributed by atoms with Gasteiger partial charge in [0.15, 0.2) is 0 Å². The van der Waals surface area contributed by atoms with Crippen LogP contribution in [0.5, 0.6) is 0 Å². The van der Waals surface area contributed by atoms with Crippen molar-refractivity contribution in [2.45, 2.75) is 39.0 Å². The van der Waals surface area contributed by atoms with E-state index in [1.807, 2.05) is 17.9 Å². The topological polar surface area (TPSA) is 29.9 Å². The summed E-state index contributed by atoms with van der Waals surface area (Å²) in [5.74, 6) is 0. The summed E-state index contributed by atoms with van der Waals surface area (Å²) < 4.78 is 1.87. The summed E-state index contributed by atoms with van der Waals surface area (Å²) in [4.78, 5) is 0. The van der Waals surface area contributed by atoms with Gasteiger partial charge in [-0.1, -0.05) is 20.8 Å². The van der Waals surface area contributed by atoms with Crippen molar-refractivity contribution in [2.24, 2.45) is 7.05 Å². The Labute approximate surface area is 92.9 Å². The van der Waals surface area contributed by atoms with E-state index in [1.165, 1.54) is 12.1 Å². The van der Waals surface area contributed by atoms with Crippen LogP contribution >= 0.6 is 0 Å². The molecule has 0 aliphatic heterocycles. The van der Waals surface area contributed by atoms with Gasteiger partial charge in [-0.3, -0.25) is 4.68 Å². The van der Waals surface area contributed by atoms with Crippen molar-refractivity contribution < 1.29 is 0 Å². The van der Waals surface area contributed by atoms with Gasteiger partial charge in [0, 0.05) is 18.7 Å². The molecule has 0 aliphatic rings. The SMILES string of the molecule is CCCNCCC(C)(C)c1ccn(C)n1. The Kier molecular flexibility index (Phi) is 4.33. The third-order valence-corrected chi connectivity index (χ3v) is 2.76. The number of hydrogen-bond donors (Lipinski definition) is 1. The average Bonchev–Trinajstić information content (AvgIpc) is 2.60. The maximum atomic E-state index is 4.47. The lowest BCUT2D eigenvalue weighted by molar-refractivity contribution is 0.440. The number of hydrogen-bond acceptors (Lipinski definition) is 2. The Balaban J connectivity index is 2.44. The molecule has 1 heterocycles. The highest BCUT2D eigenvalue weighted by atomic mass is 15.2. The molecule has 0 atom stereocenters. The van der Waals surface area contributed by atoms with Gasteiger partial charge in [-0.05, 0) is 32.0 Å². The zero-order chi connectivity index (χ0) is 11.3. The zero-order valence-corrected chi connectivity index (χ0v) is 10.4. The van der Waals surface area contributed by atoms with Gasteiger partial charge in [-0.2, -0.15) is 5.10 Å². The second-order valence-electron chi connectivity index (χ2n) is 4.76. The van der Waals surface area contributed by atoms with E-state index in [0.717, 1.165) is 19.5 Å². The minimum absolute atomic E-state index is 0.169. The molecule has 0 bridgehead atoms. The first-order chi connectivity index (χ1) is 7.06. The van der Waals surface area contributed by atoms with Crippen molar-refractivity contribution in [1.82, 2.24) is 15.1 Å². The van der Waals surface area contributed by atoms with Crippen molar-refractivity contribution >= 4 is 0 Å². The Morgan fingerprint density at radius 1 is 1.40 bits per heavy atom. The highest BCUT2D eigenvalue weighted by molar-refractivity contribution is 5.12. The van der Waals surface area contributed by atoms with E-state index in [1.54, 1.807) is 0 Å². The Morgan fingerprint density at radius 3 is 2.67 bits per heavy atom. The fourth-order valence-corrected chi connectivity index (χ4v) is 1.61. The van der Waals surface area contributed by atoms with Gasteiger partial charge in [0.1, 0.15) is 0 Å². The van der Waals surface area contributed by atoms with E-state index in [4.69, 9.17) is 0 Å². The molecule has 0 spiro atoms. The minimum atomic E-state index is 0.169. The van der Waals surface area contributed by atoms with Crippen LogP contribution in [0.15, 0.2) is 12.3 Å². The molecule has 0 fully saturated rings. The molecule has 1 rings (SSSR count). The fraction of sp³-hybridized carbons (Fsp3) is 0.750. The lowest BCUT2D eigenvalue weighted by atomic mass is 9.86. The predicted molar refractivity (Wildman–Crippen MR) is 64.0 cm³/mol. The highest BCUT2D eigenvalue weighted by Gasteiger charge is 2.22. The average molecular weight is 209 g/mol. The van der Waals surface area contributed by atoms with E-state index in [-0.39, 0.29) is 5.41 Å². The van der Waals surface area contributed by atoms with Crippen molar-refractivity contribution in [2.75, 3.05) is 13.1 Å². The molecule has 86 valence electrons. The molecule has 3 heteroatoms. The number of rotatable bonds is 6. The van der Waals surface area contributed by atoms with Crippen molar-refractivity contribution in [3.63, 3.8) is 0 Å². The lowest BCUT2D eigenvalue weighted by Crippen LogP contribution is -2.26. The van der Waals surface area contributed by atoms with Gasteiger partial charge in [-0.15, -0.1) is 0 Å². The second kappa shape index (κ2) is 5.31. The molecule has 0 aromatic carbocycles. The first-order valence-electron chi connectivity index (χ1n) is 5.77. The standard InChI is InChI=1S/C12H23N3/c1-5-8-13-9-7-12(2,3)11-6-10-15(4)14-11/h6,10,13H,5,7-9H2,1-4H3. The molecule has 1 aromatic heterocycles. The molecule has 0 amide bonds. The second-order valence-corrected chi connectivity index (χ2v) is 4.76. The monoisotopic (exact) mass is 209 g/mol. The first kappa shape index (κ1) is 12.2. The maximum Gasteiger partial charge on any atom is 0.0681 e. The minimum Gasteiger partial charge on any atom is -0.317 e. The lowest BCUT2D eigenvalue weighted by Gasteiger charge is -2.22. The van der Waals surface area contributed by atoms with Crippen LogP contribution in [-0.2, 0) is 12.5 Å². The summed E-state index contributed by atoms with van der Waals surface area (Å²) >= 11 is 0. The van der Waals surface area contributed by atoms with Crippen LogP contribution in [0.25, 0.3) is 0 Å². The molecule has 0 radical (unpaired) electrons. The summed E-state index contributed by atoms with van der Waals surface area (Å²) in [6, 6.07) is 2.11. The molecule has 0 saturated heterocycles. The summed E-state index contributed by atoms with van der Waals surface area (Å²) in [7, 11) is 1.97. The molecule has 1 N–H and O–H groups in total. The van der Waals surface area contributed by atoms with E-state index >= 15 is 0 Å². The van der Waals surface area contributed by atoms with Crippen LogP contribution in [0, 0.1) is 0 Å². The fourth-order valence-electron chi connectivity index (χ4n) is 1.61. The number of aryl methyl sites for hydroxylation is 1. The number of aromatic nitrogens is 2. The van der Waals surface area contributed by atoms with Gasteiger partial charge in [0.25, 0.3) is 0 Å². The Bertz CT molecular complexity index is 289. The quantitative estimate of drug-likeness (QED) is 0.727. The van der Waals surface area contributed by atoms with E-state index < -0.39 is 0 Å². The largest absolute Gasteiger partial charge is 0.317 e. The van der Waals surface area contributed by atoms with Crippen LogP contribution in [0.4, 0.5) is 0 Å². The van der Waals surface area contributed by atoms with Crippen LogP contribution in [0.3, 0.4) is 0 Å². The van der Waals surface area contributed by atoms with Crippen molar-refractivity contribution in [3.05, 3.63) is 18.0 Å². The summed E-state index contributed by atoms with van der Waals surface area (Å²) in [6.45, 7) is 8.87. The van der Waals surface area contributed by atoms with Gasteiger partial charge in [0.05, 0.1) is 5.69 Å². The third-order valence-electron chi connectivity index (χ3n) is 2.76.